The number of H-pyrrole nitrogens is 1. The highest BCUT2D eigenvalue weighted by Crippen LogP contribution is 2.40. The smallest absolute Gasteiger partial charge is 0.328 e. The van der Waals surface area contributed by atoms with E-state index >= 15 is 0 Å². The fourth-order valence-corrected chi connectivity index (χ4v) is 4.22. The standard InChI is InChI=1S/C27H22ClFN2O2/c1-16(2)26(22-10-9-21(29)14-23(22)28)27(19-8-11-24-20(13-19)15-30-31-24)18-6-3-17(4-7-18)5-12-25(32)33/h3-16H,1-2H3,(H,30,31)(H,32,33). The molecule has 0 spiro atoms. The number of hydrogen-bond donors (Lipinski definition) is 2. The lowest BCUT2D eigenvalue weighted by atomic mass is 9.83. The number of allylic oxidation sites excluding steroid dienone is 1. The Morgan fingerprint density at radius 2 is 1.79 bits per heavy atom. The van der Waals surface area contributed by atoms with E-state index in [2.05, 4.69) is 30.1 Å². The van der Waals surface area contributed by atoms with Gasteiger partial charge >= 0.3 is 5.97 Å². The van der Waals surface area contributed by atoms with Crippen molar-refractivity contribution in [3.05, 3.63) is 106 Å². The zero-order chi connectivity index (χ0) is 23.5. The van der Waals surface area contributed by atoms with Crippen LogP contribution in [0.2, 0.25) is 5.02 Å². The fourth-order valence-electron chi connectivity index (χ4n) is 3.95. The van der Waals surface area contributed by atoms with Crippen molar-refractivity contribution in [2.24, 2.45) is 5.92 Å². The molecular formula is C27H22ClFN2O2. The molecule has 0 atom stereocenters. The van der Waals surface area contributed by atoms with E-state index in [1.54, 1.807) is 18.3 Å². The second kappa shape index (κ2) is 9.43. The van der Waals surface area contributed by atoms with Crippen LogP contribution in [0.3, 0.4) is 0 Å². The molecule has 166 valence electrons. The molecule has 4 rings (SSSR count). The van der Waals surface area contributed by atoms with Crippen LogP contribution in [0.5, 0.6) is 0 Å². The maximum absolute atomic E-state index is 13.8. The summed E-state index contributed by atoms with van der Waals surface area (Å²) in [7, 11) is 0. The maximum Gasteiger partial charge on any atom is 0.328 e. The molecule has 6 heteroatoms. The van der Waals surface area contributed by atoms with Crippen molar-refractivity contribution < 1.29 is 14.3 Å². The van der Waals surface area contributed by atoms with Gasteiger partial charge in [-0.3, -0.25) is 5.10 Å². The van der Waals surface area contributed by atoms with Crippen LogP contribution in [0.15, 0.2) is 72.9 Å². The van der Waals surface area contributed by atoms with Gasteiger partial charge in [-0.1, -0.05) is 61.8 Å². The molecule has 4 nitrogen and oxygen atoms in total. The molecular weight excluding hydrogens is 439 g/mol. The quantitative estimate of drug-likeness (QED) is 0.239. The van der Waals surface area contributed by atoms with Crippen LogP contribution < -0.4 is 0 Å². The molecule has 1 aromatic heterocycles. The molecule has 0 aliphatic heterocycles. The number of carboxylic acids is 1. The summed E-state index contributed by atoms with van der Waals surface area (Å²) in [4.78, 5) is 10.9. The summed E-state index contributed by atoms with van der Waals surface area (Å²) in [6.45, 7) is 4.16. The Kier molecular flexibility index (Phi) is 6.43. The maximum atomic E-state index is 13.8. The third kappa shape index (κ3) is 4.89. The van der Waals surface area contributed by atoms with Crippen LogP contribution in [0.1, 0.15) is 36.1 Å². The Balaban J connectivity index is 1.97. The predicted octanol–water partition coefficient (Wildman–Crippen LogP) is 7.07. The number of aromatic amines is 1. The first-order chi connectivity index (χ1) is 15.8. The number of nitrogens with zero attached hydrogens (tertiary/aromatic N) is 1. The number of fused-ring (bicyclic) bond motifs is 1. The second-order valence-electron chi connectivity index (χ2n) is 8.03. The van der Waals surface area contributed by atoms with E-state index in [0.717, 1.165) is 50.4 Å². The van der Waals surface area contributed by atoms with Gasteiger partial charge in [0.15, 0.2) is 0 Å². The molecule has 0 bridgehead atoms. The summed E-state index contributed by atoms with van der Waals surface area (Å²) in [5, 5.41) is 17.3. The molecule has 0 unspecified atom stereocenters. The number of carboxylic acid groups (broad SMARTS) is 1. The van der Waals surface area contributed by atoms with Crippen LogP contribution in [0, 0.1) is 11.7 Å². The molecule has 3 aromatic carbocycles. The second-order valence-corrected chi connectivity index (χ2v) is 8.44. The monoisotopic (exact) mass is 460 g/mol. The molecule has 0 aliphatic rings. The van der Waals surface area contributed by atoms with E-state index in [1.165, 1.54) is 12.1 Å². The summed E-state index contributed by atoms with van der Waals surface area (Å²) in [5.41, 5.74) is 6.34. The summed E-state index contributed by atoms with van der Waals surface area (Å²) < 4.78 is 13.8. The summed E-state index contributed by atoms with van der Waals surface area (Å²) in [6.07, 6.45) is 4.43. The molecule has 0 radical (unpaired) electrons. The number of carbonyl (C=O) groups is 1. The van der Waals surface area contributed by atoms with Crippen molar-refractivity contribution >= 4 is 45.7 Å². The first-order valence-electron chi connectivity index (χ1n) is 10.5. The van der Waals surface area contributed by atoms with Crippen LogP contribution in [-0.4, -0.2) is 21.3 Å². The lowest BCUT2D eigenvalue weighted by molar-refractivity contribution is -0.131. The molecule has 0 saturated heterocycles. The van der Waals surface area contributed by atoms with Crippen molar-refractivity contribution in [3.8, 4) is 0 Å². The van der Waals surface area contributed by atoms with Gasteiger partial charge in [-0.25, -0.2) is 9.18 Å². The van der Waals surface area contributed by atoms with Crippen LogP contribution in [-0.2, 0) is 4.79 Å². The first kappa shape index (κ1) is 22.5. The number of rotatable bonds is 6. The lowest BCUT2D eigenvalue weighted by Crippen LogP contribution is -2.02. The molecule has 2 N–H and O–H groups in total. The predicted molar refractivity (Wildman–Crippen MR) is 131 cm³/mol. The number of aliphatic carboxylic acids is 1. The Morgan fingerprint density at radius 3 is 2.45 bits per heavy atom. The van der Waals surface area contributed by atoms with Gasteiger partial charge in [-0.15, -0.1) is 0 Å². The van der Waals surface area contributed by atoms with E-state index in [9.17, 15) is 9.18 Å². The molecule has 0 fully saturated rings. The average molecular weight is 461 g/mol. The zero-order valence-electron chi connectivity index (χ0n) is 18.1. The number of aromatic nitrogens is 2. The summed E-state index contributed by atoms with van der Waals surface area (Å²) in [5.74, 6) is -1.31. The molecule has 1 heterocycles. The van der Waals surface area contributed by atoms with Crippen molar-refractivity contribution in [3.63, 3.8) is 0 Å². The number of nitrogens with one attached hydrogen (secondary N) is 1. The largest absolute Gasteiger partial charge is 0.478 e. The highest BCUT2D eigenvalue weighted by atomic mass is 35.5. The normalized spacial score (nSPS) is 12.5. The SMILES string of the molecule is CC(C)C(=C(c1ccc(C=CC(=O)O)cc1)c1ccc2[nH]ncc2c1)c1ccc(F)cc1Cl. The highest BCUT2D eigenvalue weighted by molar-refractivity contribution is 6.32. The summed E-state index contributed by atoms with van der Waals surface area (Å²) >= 11 is 6.51. The van der Waals surface area contributed by atoms with Crippen LogP contribution in [0.4, 0.5) is 4.39 Å². The van der Waals surface area contributed by atoms with Gasteiger partial charge in [-0.05, 0) is 69.7 Å². The minimum Gasteiger partial charge on any atom is -0.478 e. The molecule has 4 aromatic rings. The van der Waals surface area contributed by atoms with Crippen LogP contribution >= 0.6 is 11.6 Å². The van der Waals surface area contributed by atoms with Crippen molar-refractivity contribution in [1.82, 2.24) is 10.2 Å². The van der Waals surface area contributed by atoms with Crippen molar-refractivity contribution in [2.45, 2.75) is 13.8 Å². The topological polar surface area (TPSA) is 66.0 Å². The van der Waals surface area contributed by atoms with Gasteiger partial charge in [0, 0.05) is 11.5 Å². The van der Waals surface area contributed by atoms with Gasteiger partial charge in [0.05, 0.1) is 16.7 Å². The number of benzene rings is 3. The van der Waals surface area contributed by atoms with Crippen LogP contribution in [0.25, 0.3) is 28.1 Å². The first-order valence-corrected chi connectivity index (χ1v) is 10.9. The van der Waals surface area contributed by atoms with E-state index in [0.29, 0.717) is 5.02 Å². The van der Waals surface area contributed by atoms with Gasteiger partial charge in [0.2, 0.25) is 0 Å². The van der Waals surface area contributed by atoms with E-state index in [-0.39, 0.29) is 11.7 Å². The minimum atomic E-state index is -0.999. The molecule has 33 heavy (non-hydrogen) atoms. The van der Waals surface area contributed by atoms with E-state index in [4.69, 9.17) is 16.7 Å². The lowest BCUT2D eigenvalue weighted by Gasteiger charge is -2.21. The average Bonchev–Trinajstić information content (AvgIpc) is 3.25. The fraction of sp³-hybridized carbons (Fsp3) is 0.111. The highest BCUT2D eigenvalue weighted by Gasteiger charge is 2.20. The van der Waals surface area contributed by atoms with Crippen molar-refractivity contribution in [1.29, 1.82) is 0 Å². The summed E-state index contributed by atoms with van der Waals surface area (Å²) in [6, 6.07) is 18.2. The molecule has 0 saturated carbocycles. The molecule has 0 amide bonds. The van der Waals surface area contributed by atoms with Gasteiger partial charge in [-0.2, -0.15) is 5.10 Å². The van der Waals surface area contributed by atoms with Gasteiger partial charge in [0.25, 0.3) is 0 Å². The zero-order valence-corrected chi connectivity index (χ0v) is 18.9. The van der Waals surface area contributed by atoms with Gasteiger partial charge in [0.1, 0.15) is 5.82 Å². The van der Waals surface area contributed by atoms with Gasteiger partial charge < -0.3 is 5.11 Å². The minimum absolute atomic E-state index is 0.0783. The number of hydrogen-bond acceptors (Lipinski definition) is 2. The van der Waals surface area contributed by atoms with E-state index < -0.39 is 5.97 Å². The third-order valence-electron chi connectivity index (χ3n) is 5.41. The van der Waals surface area contributed by atoms with Crippen molar-refractivity contribution in [2.75, 3.05) is 0 Å². The number of halogens is 2. The Morgan fingerprint density at radius 1 is 1.06 bits per heavy atom. The molecule has 0 aliphatic carbocycles. The third-order valence-corrected chi connectivity index (χ3v) is 5.73. The Hall–Kier alpha value is -3.70. The Labute approximate surface area is 196 Å². The Bertz CT molecular complexity index is 1390. The van der Waals surface area contributed by atoms with E-state index in [1.807, 2.05) is 36.4 Å².